The van der Waals surface area contributed by atoms with Gasteiger partial charge < -0.3 is 15.0 Å². The number of rotatable bonds is 2. The minimum Gasteiger partial charge on any atom is -0.444 e. The molecule has 136 valence electrons. The van der Waals surface area contributed by atoms with E-state index in [4.69, 9.17) is 4.74 Å². The van der Waals surface area contributed by atoms with Crippen LogP contribution in [0.3, 0.4) is 0 Å². The first-order valence-corrected chi connectivity index (χ1v) is 8.22. The van der Waals surface area contributed by atoms with E-state index < -0.39 is 23.2 Å². The van der Waals surface area contributed by atoms with Crippen LogP contribution in [0.2, 0.25) is 0 Å². The van der Waals surface area contributed by atoms with Gasteiger partial charge in [-0.15, -0.1) is 0 Å². The number of nitrogens with one attached hydrogen (secondary N) is 1. The fourth-order valence-corrected chi connectivity index (χ4v) is 3.59. The fraction of sp³-hybridized carbons (Fsp3) is 0.875. The quantitative estimate of drug-likeness (QED) is 0.835. The van der Waals surface area contributed by atoms with E-state index in [-0.39, 0.29) is 30.3 Å². The van der Waals surface area contributed by atoms with E-state index in [2.05, 4.69) is 5.32 Å². The molecule has 1 N–H and O–H groups in total. The Bertz CT molecular complexity index is 550. The minimum atomic E-state index is -4.38. The molecule has 3 rings (SSSR count). The van der Waals surface area contributed by atoms with Crippen LogP contribution >= 0.6 is 0 Å². The molecule has 0 atom stereocenters. The molecule has 5 nitrogen and oxygen atoms in total. The SMILES string of the molecule is CC(C)(C)OC(=O)N1CC2(CC(C(=O)NC3(C(F)(F)F)CC3)C2)C1. The fourth-order valence-electron chi connectivity index (χ4n) is 3.59. The second-order valence-corrected chi connectivity index (χ2v) is 8.51. The largest absolute Gasteiger partial charge is 0.444 e. The van der Waals surface area contributed by atoms with Gasteiger partial charge in [0, 0.05) is 24.4 Å². The van der Waals surface area contributed by atoms with E-state index >= 15 is 0 Å². The van der Waals surface area contributed by atoms with Crippen LogP contribution < -0.4 is 5.32 Å². The van der Waals surface area contributed by atoms with Gasteiger partial charge in [-0.3, -0.25) is 4.79 Å². The van der Waals surface area contributed by atoms with Crippen LogP contribution in [0.25, 0.3) is 0 Å². The highest BCUT2D eigenvalue weighted by molar-refractivity contribution is 5.81. The first-order chi connectivity index (χ1) is 10.8. The molecule has 0 aromatic rings. The molecular weight excluding hydrogens is 325 g/mol. The van der Waals surface area contributed by atoms with Crippen molar-refractivity contribution in [3.05, 3.63) is 0 Å². The number of carbonyl (C=O) groups excluding carboxylic acids is 2. The lowest BCUT2D eigenvalue weighted by molar-refractivity contribution is -0.175. The van der Waals surface area contributed by atoms with E-state index in [0.717, 1.165) is 0 Å². The van der Waals surface area contributed by atoms with Crippen LogP contribution in [0.15, 0.2) is 0 Å². The molecule has 1 heterocycles. The highest BCUT2D eigenvalue weighted by Crippen LogP contribution is 2.54. The predicted molar refractivity (Wildman–Crippen MR) is 79.1 cm³/mol. The lowest BCUT2D eigenvalue weighted by Crippen LogP contribution is -2.66. The monoisotopic (exact) mass is 348 g/mol. The Morgan fingerprint density at radius 3 is 2.08 bits per heavy atom. The van der Waals surface area contributed by atoms with Gasteiger partial charge in [-0.25, -0.2) is 4.79 Å². The summed E-state index contributed by atoms with van der Waals surface area (Å²) in [6.07, 6.45) is -3.76. The summed E-state index contributed by atoms with van der Waals surface area (Å²) in [5.74, 6) is -0.892. The Labute approximate surface area is 138 Å². The van der Waals surface area contributed by atoms with E-state index in [9.17, 15) is 22.8 Å². The van der Waals surface area contributed by atoms with Gasteiger partial charge in [0.1, 0.15) is 11.1 Å². The predicted octanol–water partition coefficient (Wildman–Crippen LogP) is 2.84. The number of halogens is 3. The molecular formula is C16H23F3N2O3. The van der Waals surface area contributed by atoms with Crippen molar-refractivity contribution in [1.82, 2.24) is 10.2 Å². The van der Waals surface area contributed by atoms with E-state index in [0.29, 0.717) is 25.9 Å². The van der Waals surface area contributed by atoms with Crippen LogP contribution in [0.5, 0.6) is 0 Å². The molecule has 3 aliphatic rings. The number of amides is 2. The van der Waals surface area contributed by atoms with Gasteiger partial charge in [0.15, 0.2) is 0 Å². The molecule has 0 radical (unpaired) electrons. The zero-order valence-corrected chi connectivity index (χ0v) is 14.1. The average Bonchev–Trinajstić information content (AvgIpc) is 3.02. The molecule has 2 aliphatic carbocycles. The van der Waals surface area contributed by atoms with Crippen LogP contribution in [0, 0.1) is 11.3 Å². The van der Waals surface area contributed by atoms with Crippen LogP contribution in [-0.4, -0.2) is 47.3 Å². The van der Waals surface area contributed by atoms with Gasteiger partial charge in [-0.2, -0.15) is 13.2 Å². The Morgan fingerprint density at radius 2 is 1.67 bits per heavy atom. The third-order valence-electron chi connectivity index (χ3n) is 5.09. The first kappa shape index (κ1) is 17.4. The van der Waals surface area contributed by atoms with Crippen LogP contribution in [0.1, 0.15) is 46.5 Å². The molecule has 0 aromatic heterocycles. The summed E-state index contributed by atoms with van der Waals surface area (Å²) >= 11 is 0. The number of alkyl halides is 3. The minimum absolute atomic E-state index is 0.0352. The summed E-state index contributed by atoms with van der Waals surface area (Å²) in [5, 5.41) is 2.19. The lowest BCUT2D eigenvalue weighted by Gasteiger charge is -2.58. The number of likely N-dealkylation sites (tertiary alicyclic amines) is 1. The maximum atomic E-state index is 12.9. The zero-order valence-electron chi connectivity index (χ0n) is 14.1. The standard InChI is InChI=1S/C16H23F3N2O3/c1-13(2,3)24-12(23)21-8-14(9-21)6-10(7-14)11(22)20-15(4-5-15)16(17,18)19/h10H,4-9H2,1-3H3,(H,20,22). The van der Waals surface area contributed by atoms with Gasteiger partial charge in [-0.05, 0) is 46.5 Å². The molecule has 2 saturated carbocycles. The van der Waals surface area contributed by atoms with Gasteiger partial charge in [0.05, 0.1) is 0 Å². The Balaban J connectivity index is 1.44. The van der Waals surface area contributed by atoms with Gasteiger partial charge in [0.2, 0.25) is 5.91 Å². The van der Waals surface area contributed by atoms with E-state index in [1.54, 1.807) is 25.7 Å². The summed E-state index contributed by atoms with van der Waals surface area (Å²) in [6, 6.07) is 0. The third-order valence-corrected chi connectivity index (χ3v) is 5.09. The highest BCUT2D eigenvalue weighted by atomic mass is 19.4. The van der Waals surface area contributed by atoms with E-state index in [1.807, 2.05) is 0 Å². The Morgan fingerprint density at radius 1 is 1.12 bits per heavy atom. The molecule has 0 aromatic carbocycles. The van der Waals surface area contributed by atoms with Crippen molar-refractivity contribution in [2.24, 2.45) is 11.3 Å². The first-order valence-electron chi connectivity index (χ1n) is 8.22. The number of hydrogen-bond donors (Lipinski definition) is 1. The summed E-state index contributed by atoms with van der Waals surface area (Å²) in [7, 11) is 0. The molecule has 1 saturated heterocycles. The number of ether oxygens (including phenoxy) is 1. The third kappa shape index (κ3) is 3.07. The maximum Gasteiger partial charge on any atom is 0.411 e. The second kappa shape index (κ2) is 5.02. The van der Waals surface area contributed by atoms with Crippen LogP contribution in [-0.2, 0) is 9.53 Å². The molecule has 2 amide bonds. The van der Waals surface area contributed by atoms with Gasteiger partial charge >= 0.3 is 12.3 Å². The van der Waals surface area contributed by atoms with Crippen molar-refractivity contribution < 1.29 is 27.5 Å². The summed E-state index contributed by atoms with van der Waals surface area (Å²) in [5.41, 5.74) is -2.67. The number of carbonyl (C=O) groups is 2. The number of nitrogens with zero attached hydrogens (tertiary/aromatic N) is 1. The molecule has 3 fully saturated rings. The summed E-state index contributed by atoms with van der Waals surface area (Å²) in [4.78, 5) is 25.5. The highest BCUT2D eigenvalue weighted by Gasteiger charge is 2.65. The smallest absolute Gasteiger partial charge is 0.411 e. The Hall–Kier alpha value is -1.47. The van der Waals surface area contributed by atoms with E-state index in [1.165, 1.54) is 0 Å². The van der Waals surface area contributed by atoms with Crippen molar-refractivity contribution in [3.63, 3.8) is 0 Å². The van der Waals surface area contributed by atoms with Crippen molar-refractivity contribution in [1.29, 1.82) is 0 Å². The maximum absolute atomic E-state index is 12.9. The van der Waals surface area contributed by atoms with Crippen molar-refractivity contribution >= 4 is 12.0 Å². The molecule has 1 spiro atoms. The average molecular weight is 348 g/mol. The van der Waals surface area contributed by atoms with Crippen molar-refractivity contribution in [2.75, 3.05) is 13.1 Å². The molecule has 24 heavy (non-hydrogen) atoms. The second-order valence-electron chi connectivity index (χ2n) is 8.51. The van der Waals surface area contributed by atoms with Gasteiger partial charge in [0.25, 0.3) is 0 Å². The molecule has 8 heteroatoms. The summed E-state index contributed by atoms with van der Waals surface area (Å²) < 4.78 is 43.9. The van der Waals surface area contributed by atoms with Crippen molar-refractivity contribution in [2.45, 2.75) is 63.8 Å². The van der Waals surface area contributed by atoms with Gasteiger partial charge in [-0.1, -0.05) is 0 Å². The van der Waals surface area contributed by atoms with Crippen LogP contribution in [0.4, 0.5) is 18.0 Å². The number of hydrogen-bond acceptors (Lipinski definition) is 3. The molecule has 0 bridgehead atoms. The molecule has 0 unspecified atom stereocenters. The Kier molecular flexibility index (Phi) is 3.63. The normalized spacial score (nSPS) is 24.8. The zero-order chi connectivity index (χ0) is 18.0. The lowest BCUT2D eigenvalue weighted by atomic mass is 9.57. The molecule has 1 aliphatic heterocycles. The topological polar surface area (TPSA) is 58.6 Å². The summed E-state index contributed by atoms with van der Waals surface area (Å²) in [6.45, 7) is 6.39. The van der Waals surface area contributed by atoms with Crippen molar-refractivity contribution in [3.8, 4) is 0 Å².